The van der Waals surface area contributed by atoms with Gasteiger partial charge in [0, 0.05) is 17.0 Å². The van der Waals surface area contributed by atoms with Gasteiger partial charge in [0.25, 0.3) is 11.8 Å². The topological polar surface area (TPSA) is 49.4 Å². The molecule has 2 aromatic rings. The Morgan fingerprint density at radius 1 is 1.15 bits per heavy atom. The molecule has 1 aromatic carbocycles. The smallest absolute Gasteiger partial charge is 0.265 e. The fourth-order valence-corrected chi connectivity index (χ4v) is 3.34. The molecule has 0 atom stereocenters. The zero-order valence-electron chi connectivity index (χ0n) is 13.7. The average molecular weight is 378 g/mol. The highest BCUT2D eigenvalue weighted by atomic mass is 32.1. The van der Waals surface area contributed by atoms with Gasteiger partial charge in [-0.3, -0.25) is 19.8 Å². The first-order valence-electron chi connectivity index (χ1n) is 7.75. The molecule has 0 spiro atoms. The van der Waals surface area contributed by atoms with Crippen LogP contribution in [0.25, 0.3) is 6.08 Å². The minimum Gasteiger partial charge on any atom is -0.298 e. The van der Waals surface area contributed by atoms with Crippen LogP contribution in [0.4, 0.5) is 0 Å². The lowest BCUT2D eigenvalue weighted by atomic mass is 10.1. The standard InChI is InChI=1S/C20H14N2O2S2/c1-2-12-22-19(24)17(18(23)21-20(22)25)13-16-11-10-15(26-16)9-8-14-6-4-3-5-7-14/h2-7,10-11,13H,1,12H2,(H,21,23,25). The Kier molecular flexibility index (Phi) is 5.42. The zero-order valence-corrected chi connectivity index (χ0v) is 15.3. The number of nitrogens with one attached hydrogen (secondary N) is 1. The van der Waals surface area contributed by atoms with E-state index in [4.69, 9.17) is 12.2 Å². The molecule has 0 saturated carbocycles. The molecule has 0 unspecified atom stereocenters. The molecule has 3 rings (SSSR count). The second-order valence-corrected chi connectivity index (χ2v) is 6.84. The highest BCUT2D eigenvalue weighted by molar-refractivity contribution is 7.80. The molecule has 0 aliphatic carbocycles. The van der Waals surface area contributed by atoms with Crippen molar-refractivity contribution < 1.29 is 9.59 Å². The van der Waals surface area contributed by atoms with Gasteiger partial charge in [0.15, 0.2) is 5.11 Å². The van der Waals surface area contributed by atoms with Gasteiger partial charge >= 0.3 is 0 Å². The highest BCUT2D eigenvalue weighted by Gasteiger charge is 2.32. The van der Waals surface area contributed by atoms with Crippen LogP contribution in [0, 0.1) is 11.8 Å². The molecule has 2 amide bonds. The fraction of sp³-hybridized carbons (Fsp3) is 0.0500. The van der Waals surface area contributed by atoms with Crippen molar-refractivity contribution in [2.24, 2.45) is 0 Å². The number of thiophene rings is 1. The van der Waals surface area contributed by atoms with E-state index in [1.807, 2.05) is 42.5 Å². The lowest BCUT2D eigenvalue weighted by molar-refractivity contribution is -0.128. The maximum absolute atomic E-state index is 12.5. The Labute approximate surface area is 160 Å². The summed E-state index contributed by atoms with van der Waals surface area (Å²) in [6, 6.07) is 13.4. The molecule has 1 saturated heterocycles. The Balaban J connectivity index is 1.84. The zero-order chi connectivity index (χ0) is 18.5. The first-order chi connectivity index (χ1) is 12.6. The van der Waals surface area contributed by atoms with E-state index < -0.39 is 11.8 Å². The quantitative estimate of drug-likeness (QED) is 0.294. The summed E-state index contributed by atoms with van der Waals surface area (Å²) in [5.74, 6) is 5.25. The van der Waals surface area contributed by atoms with Gasteiger partial charge in [0.2, 0.25) is 0 Å². The monoisotopic (exact) mass is 378 g/mol. The van der Waals surface area contributed by atoms with Crippen molar-refractivity contribution in [3.05, 3.63) is 76.0 Å². The van der Waals surface area contributed by atoms with Crippen LogP contribution in [0.5, 0.6) is 0 Å². The van der Waals surface area contributed by atoms with Gasteiger partial charge in [0.05, 0.1) is 4.88 Å². The number of hydrogen-bond donors (Lipinski definition) is 1. The molecular weight excluding hydrogens is 364 g/mol. The summed E-state index contributed by atoms with van der Waals surface area (Å²) in [6.07, 6.45) is 3.12. The van der Waals surface area contributed by atoms with Crippen LogP contribution >= 0.6 is 23.6 Å². The van der Waals surface area contributed by atoms with Crippen LogP contribution in [0.1, 0.15) is 15.3 Å². The Hall–Kier alpha value is -3.01. The van der Waals surface area contributed by atoms with Crippen LogP contribution in [-0.4, -0.2) is 28.4 Å². The SMILES string of the molecule is C=CCN1C(=O)C(=Cc2ccc(C#Cc3ccccc3)s2)C(=O)NC1=S. The number of carbonyl (C=O) groups is 2. The summed E-state index contributed by atoms with van der Waals surface area (Å²) in [6.45, 7) is 3.85. The minimum atomic E-state index is -0.495. The van der Waals surface area contributed by atoms with Crippen LogP contribution in [0.3, 0.4) is 0 Å². The molecule has 26 heavy (non-hydrogen) atoms. The van der Waals surface area contributed by atoms with E-state index in [0.29, 0.717) is 0 Å². The molecule has 4 nitrogen and oxygen atoms in total. The molecule has 2 heterocycles. The maximum atomic E-state index is 12.5. The van der Waals surface area contributed by atoms with Crippen molar-refractivity contribution in [2.75, 3.05) is 6.54 Å². The number of carbonyl (C=O) groups excluding carboxylic acids is 2. The van der Waals surface area contributed by atoms with E-state index in [1.54, 1.807) is 12.2 Å². The fourth-order valence-electron chi connectivity index (χ4n) is 2.28. The van der Waals surface area contributed by atoms with Gasteiger partial charge in [0.1, 0.15) is 5.57 Å². The Morgan fingerprint density at radius 2 is 1.92 bits per heavy atom. The van der Waals surface area contributed by atoms with Gasteiger partial charge < -0.3 is 0 Å². The molecule has 1 aromatic heterocycles. The van der Waals surface area contributed by atoms with Gasteiger partial charge in [-0.05, 0) is 42.6 Å². The number of hydrogen-bond acceptors (Lipinski definition) is 4. The molecule has 0 bridgehead atoms. The van der Waals surface area contributed by atoms with Gasteiger partial charge in [-0.1, -0.05) is 36.1 Å². The highest BCUT2D eigenvalue weighted by Crippen LogP contribution is 2.21. The molecule has 1 N–H and O–H groups in total. The maximum Gasteiger partial charge on any atom is 0.265 e. The summed E-state index contributed by atoms with van der Waals surface area (Å²) in [4.78, 5) is 27.5. The van der Waals surface area contributed by atoms with E-state index in [0.717, 1.165) is 15.3 Å². The van der Waals surface area contributed by atoms with Crippen LogP contribution in [0.15, 0.2) is 60.7 Å². The predicted octanol–water partition coefficient (Wildman–Crippen LogP) is 2.96. The molecule has 1 aliphatic heterocycles. The molecule has 0 radical (unpaired) electrons. The Bertz CT molecular complexity index is 978. The third-order valence-corrected chi connectivity index (χ3v) is 4.78. The van der Waals surface area contributed by atoms with Crippen LogP contribution < -0.4 is 5.32 Å². The van der Waals surface area contributed by atoms with Gasteiger partial charge in [-0.25, -0.2) is 0 Å². The number of amides is 2. The van der Waals surface area contributed by atoms with Crippen LogP contribution in [0.2, 0.25) is 0 Å². The summed E-state index contributed by atoms with van der Waals surface area (Å²) in [5.41, 5.74) is 0.973. The third kappa shape index (κ3) is 3.97. The van der Waals surface area contributed by atoms with Crippen molar-refractivity contribution >= 4 is 46.6 Å². The second-order valence-electron chi connectivity index (χ2n) is 5.34. The van der Waals surface area contributed by atoms with Crippen molar-refractivity contribution in [3.8, 4) is 11.8 Å². The van der Waals surface area contributed by atoms with Gasteiger partial charge in [-0.15, -0.1) is 17.9 Å². The van der Waals surface area contributed by atoms with E-state index in [-0.39, 0.29) is 17.2 Å². The minimum absolute atomic E-state index is 0.0462. The number of nitrogens with zero attached hydrogens (tertiary/aromatic N) is 1. The molecular formula is C20H14N2O2S2. The van der Waals surface area contributed by atoms with Gasteiger partial charge in [-0.2, -0.15) is 0 Å². The predicted molar refractivity (Wildman–Crippen MR) is 107 cm³/mol. The number of benzene rings is 1. The van der Waals surface area contributed by atoms with E-state index in [2.05, 4.69) is 23.7 Å². The average Bonchev–Trinajstić information content (AvgIpc) is 3.09. The van der Waals surface area contributed by atoms with Crippen molar-refractivity contribution in [1.82, 2.24) is 10.2 Å². The van der Waals surface area contributed by atoms with E-state index >= 15 is 0 Å². The largest absolute Gasteiger partial charge is 0.298 e. The molecule has 1 aliphatic rings. The number of thiocarbonyl (C=S) groups is 1. The lowest BCUT2D eigenvalue weighted by Crippen LogP contribution is -2.53. The van der Waals surface area contributed by atoms with E-state index in [1.165, 1.54) is 16.2 Å². The summed E-state index contributed by atoms with van der Waals surface area (Å²) in [7, 11) is 0. The first kappa shape index (κ1) is 17.8. The summed E-state index contributed by atoms with van der Waals surface area (Å²) < 4.78 is 0. The second kappa shape index (κ2) is 7.91. The molecule has 1 fully saturated rings. The molecule has 6 heteroatoms. The Morgan fingerprint density at radius 3 is 2.65 bits per heavy atom. The van der Waals surface area contributed by atoms with Crippen molar-refractivity contribution in [3.63, 3.8) is 0 Å². The first-order valence-corrected chi connectivity index (χ1v) is 8.97. The van der Waals surface area contributed by atoms with Crippen molar-refractivity contribution in [2.45, 2.75) is 0 Å². The molecule has 128 valence electrons. The number of rotatable bonds is 3. The summed E-state index contributed by atoms with van der Waals surface area (Å²) >= 11 is 6.44. The van der Waals surface area contributed by atoms with Crippen molar-refractivity contribution in [1.29, 1.82) is 0 Å². The third-order valence-electron chi connectivity index (χ3n) is 3.51. The summed E-state index contributed by atoms with van der Waals surface area (Å²) in [5, 5.41) is 2.62. The normalized spacial score (nSPS) is 15.5. The van der Waals surface area contributed by atoms with E-state index in [9.17, 15) is 9.59 Å². The lowest BCUT2D eigenvalue weighted by Gasteiger charge is -2.27. The van der Waals surface area contributed by atoms with Crippen LogP contribution in [-0.2, 0) is 9.59 Å².